The third kappa shape index (κ3) is 59.0. The van der Waals surface area contributed by atoms with Crippen LogP contribution < -0.4 is 10.2 Å². The van der Waals surface area contributed by atoms with Gasteiger partial charge in [-0.1, -0.05) is 335 Å². The lowest BCUT2D eigenvalue weighted by molar-refractivity contribution is -0.870. The van der Waals surface area contributed by atoms with Gasteiger partial charge in [-0.3, -0.25) is 9.36 Å². The van der Waals surface area contributed by atoms with Crippen LogP contribution in [0.1, 0.15) is 354 Å². The molecule has 0 rings (SSSR count). The number of aliphatic hydroxyl groups excluding tert-OH is 1. The molecule has 1 amide bonds. The highest BCUT2D eigenvalue weighted by Crippen LogP contribution is 2.38. The number of nitrogens with zero attached hydrogens (tertiary/aromatic N) is 1. The Labute approximate surface area is 457 Å². The molecular formula is C64H131N2O6P. The number of carbonyl (C=O) groups is 1. The zero-order chi connectivity index (χ0) is 53.5. The lowest BCUT2D eigenvalue weighted by Crippen LogP contribution is -2.46. The van der Waals surface area contributed by atoms with Gasteiger partial charge >= 0.3 is 0 Å². The molecule has 0 heterocycles. The number of hydrogen-bond acceptors (Lipinski definition) is 6. The molecule has 0 spiro atoms. The molecule has 0 bridgehead atoms. The minimum Gasteiger partial charge on any atom is -0.756 e. The van der Waals surface area contributed by atoms with Gasteiger partial charge in [-0.25, -0.2) is 0 Å². The Morgan fingerprint density at radius 3 is 0.932 bits per heavy atom. The average molecular weight is 1060 g/mol. The summed E-state index contributed by atoms with van der Waals surface area (Å²) in [6.45, 7) is 4.77. The third-order valence-corrected chi connectivity index (χ3v) is 16.6. The normalized spacial score (nSPS) is 13.7. The Kier molecular flexibility index (Phi) is 55.8. The first-order valence-electron chi connectivity index (χ1n) is 32.9. The summed E-state index contributed by atoms with van der Waals surface area (Å²) >= 11 is 0. The highest BCUT2D eigenvalue weighted by Gasteiger charge is 2.24. The number of amides is 1. The molecule has 2 N–H and O–H groups in total. The number of unbranched alkanes of at least 4 members (excludes halogenated alkanes) is 49. The molecule has 0 fully saturated rings. The minimum absolute atomic E-state index is 0.0165. The third-order valence-electron chi connectivity index (χ3n) is 15.6. The molecule has 0 saturated carbocycles. The molecule has 0 aliphatic carbocycles. The number of rotatable bonds is 62. The topological polar surface area (TPSA) is 108 Å². The highest BCUT2D eigenvalue weighted by molar-refractivity contribution is 7.45. The van der Waals surface area contributed by atoms with E-state index in [0.717, 1.165) is 38.5 Å². The second-order valence-electron chi connectivity index (χ2n) is 24.2. The Balaban J connectivity index is 3.81. The SMILES string of the molecule is CCCCCCCCCCCCCCCCCCCCCCCCCCCCCCCCCCCCCCCCC(=O)NC(COP(=O)([O-])OCC[N+](C)(C)C)C(O)CCCCCCCCCCCCCCC. The molecule has 438 valence electrons. The number of phosphoric ester groups is 1. The monoisotopic (exact) mass is 1050 g/mol. The van der Waals surface area contributed by atoms with Gasteiger partial charge in [-0.05, 0) is 12.8 Å². The van der Waals surface area contributed by atoms with Crippen LogP contribution >= 0.6 is 7.82 Å². The number of carbonyl (C=O) groups excluding carboxylic acids is 1. The molecule has 0 saturated heterocycles. The summed E-state index contributed by atoms with van der Waals surface area (Å²) in [5.74, 6) is -0.156. The first-order chi connectivity index (χ1) is 35.5. The van der Waals surface area contributed by atoms with Gasteiger partial charge in [0.1, 0.15) is 13.2 Å². The fourth-order valence-electron chi connectivity index (χ4n) is 10.5. The van der Waals surface area contributed by atoms with E-state index >= 15 is 0 Å². The summed E-state index contributed by atoms with van der Waals surface area (Å²) in [4.78, 5) is 25.5. The summed E-state index contributed by atoms with van der Waals surface area (Å²) < 4.78 is 23.4. The van der Waals surface area contributed by atoms with Gasteiger partial charge < -0.3 is 28.8 Å². The molecule has 3 atom stereocenters. The molecule has 3 unspecified atom stereocenters. The second-order valence-corrected chi connectivity index (χ2v) is 25.6. The largest absolute Gasteiger partial charge is 0.756 e. The van der Waals surface area contributed by atoms with E-state index < -0.39 is 20.0 Å². The summed E-state index contributed by atoms with van der Waals surface area (Å²) in [6.07, 6.45) is 69.1. The van der Waals surface area contributed by atoms with Crippen molar-refractivity contribution in [2.24, 2.45) is 0 Å². The Morgan fingerprint density at radius 2 is 0.671 bits per heavy atom. The molecule has 8 nitrogen and oxygen atoms in total. The maximum Gasteiger partial charge on any atom is 0.268 e. The molecule has 0 aliphatic rings. The van der Waals surface area contributed by atoms with Crippen molar-refractivity contribution in [2.45, 2.75) is 366 Å². The van der Waals surface area contributed by atoms with E-state index in [-0.39, 0.29) is 19.1 Å². The molecule has 0 aromatic rings. The summed E-state index contributed by atoms with van der Waals surface area (Å²) in [5, 5.41) is 14.0. The molecule has 0 aliphatic heterocycles. The predicted molar refractivity (Wildman–Crippen MR) is 316 cm³/mol. The number of quaternary nitrogens is 1. The van der Waals surface area contributed by atoms with Crippen molar-refractivity contribution < 1.29 is 32.9 Å². The Bertz CT molecular complexity index is 1150. The van der Waals surface area contributed by atoms with E-state index in [4.69, 9.17) is 9.05 Å². The summed E-state index contributed by atoms with van der Waals surface area (Å²) in [7, 11) is 1.33. The summed E-state index contributed by atoms with van der Waals surface area (Å²) in [6, 6.07) is -0.795. The fourth-order valence-corrected chi connectivity index (χ4v) is 11.2. The van der Waals surface area contributed by atoms with Crippen LogP contribution in [0.15, 0.2) is 0 Å². The average Bonchev–Trinajstić information content (AvgIpc) is 3.35. The van der Waals surface area contributed by atoms with E-state index in [1.807, 2.05) is 21.1 Å². The molecule has 0 aromatic heterocycles. The van der Waals surface area contributed by atoms with Crippen LogP contribution in [0, 0.1) is 0 Å². The van der Waals surface area contributed by atoms with Gasteiger partial charge in [0.2, 0.25) is 5.91 Å². The lowest BCUT2D eigenvalue weighted by Gasteiger charge is -2.30. The van der Waals surface area contributed by atoms with Gasteiger partial charge in [0.25, 0.3) is 7.82 Å². The van der Waals surface area contributed by atoms with Gasteiger partial charge in [-0.2, -0.15) is 0 Å². The maximum absolute atomic E-state index is 13.0. The van der Waals surface area contributed by atoms with E-state index in [2.05, 4.69) is 19.2 Å². The molecular weight excluding hydrogens is 924 g/mol. The summed E-state index contributed by atoms with van der Waals surface area (Å²) in [5.41, 5.74) is 0. The predicted octanol–water partition coefficient (Wildman–Crippen LogP) is 19.8. The van der Waals surface area contributed by atoms with Crippen molar-refractivity contribution in [3.8, 4) is 0 Å². The zero-order valence-electron chi connectivity index (χ0n) is 50.1. The number of hydrogen-bond donors (Lipinski definition) is 2. The second kappa shape index (κ2) is 56.2. The van der Waals surface area contributed by atoms with E-state index in [1.54, 1.807) is 0 Å². The van der Waals surface area contributed by atoms with E-state index in [9.17, 15) is 19.4 Å². The molecule has 73 heavy (non-hydrogen) atoms. The Morgan fingerprint density at radius 1 is 0.425 bits per heavy atom. The smallest absolute Gasteiger partial charge is 0.268 e. The maximum atomic E-state index is 13.0. The van der Waals surface area contributed by atoms with Crippen LogP contribution in [-0.2, 0) is 18.4 Å². The lowest BCUT2D eigenvalue weighted by atomic mass is 10.0. The number of nitrogens with one attached hydrogen (secondary N) is 1. The fraction of sp³-hybridized carbons (Fsp3) is 0.984. The van der Waals surface area contributed by atoms with Gasteiger partial charge in [0.15, 0.2) is 0 Å². The Hall–Kier alpha value is -0.500. The van der Waals surface area contributed by atoms with Crippen LogP contribution in [0.4, 0.5) is 0 Å². The van der Waals surface area contributed by atoms with Crippen molar-refractivity contribution in [3.05, 3.63) is 0 Å². The van der Waals surface area contributed by atoms with Crippen molar-refractivity contribution in [3.63, 3.8) is 0 Å². The first kappa shape index (κ1) is 72.5. The zero-order valence-corrected chi connectivity index (χ0v) is 51.0. The van der Waals surface area contributed by atoms with E-state index in [0.29, 0.717) is 23.9 Å². The van der Waals surface area contributed by atoms with Gasteiger partial charge in [-0.15, -0.1) is 0 Å². The van der Waals surface area contributed by atoms with Gasteiger partial charge in [0.05, 0.1) is 39.9 Å². The quantitative estimate of drug-likeness (QED) is 0.0357. The van der Waals surface area contributed by atoms with Crippen molar-refractivity contribution in [2.75, 3.05) is 40.9 Å². The van der Waals surface area contributed by atoms with Crippen LogP contribution in [0.3, 0.4) is 0 Å². The number of aliphatic hydroxyl groups is 1. The van der Waals surface area contributed by atoms with Crippen molar-refractivity contribution in [1.29, 1.82) is 0 Å². The van der Waals surface area contributed by atoms with Gasteiger partial charge in [0, 0.05) is 6.42 Å². The molecule has 0 aromatic carbocycles. The van der Waals surface area contributed by atoms with Crippen LogP contribution in [-0.4, -0.2) is 68.5 Å². The van der Waals surface area contributed by atoms with Crippen LogP contribution in [0.2, 0.25) is 0 Å². The number of likely N-dealkylation sites (N-methyl/N-ethyl adjacent to an activating group) is 1. The number of phosphoric acid groups is 1. The molecule has 0 radical (unpaired) electrons. The first-order valence-corrected chi connectivity index (χ1v) is 34.3. The van der Waals surface area contributed by atoms with Crippen LogP contribution in [0.25, 0.3) is 0 Å². The standard InChI is InChI=1S/C64H131N2O6P/c1-6-8-10-12-14-16-18-20-21-22-23-24-25-26-27-28-29-30-31-32-33-34-35-36-37-38-39-40-41-42-43-44-46-48-50-52-54-56-58-64(68)65-62(61-72-73(69,70)71-60-59-66(3,4)5)63(67)57-55-53-51-49-47-45-19-17-15-13-11-9-7-2/h62-63,67H,6-61H2,1-5H3,(H-,65,68,69,70). The highest BCUT2D eigenvalue weighted by atomic mass is 31.2. The van der Waals surface area contributed by atoms with Crippen LogP contribution in [0.5, 0.6) is 0 Å². The molecule has 9 heteroatoms. The van der Waals surface area contributed by atoms with Crippen molar-refractivity contribution >= 4 is 13.7 Å². The van der Waals surface area contributed by atoms with Crippen molar-refractivity contribution in [1.82, 2.24) is 5.32 Å². The minimum atomic E-state index is -4.57. The van der Waals surface area contributed by atoms with E-state index in [1.165, 1.54) is 289 Å².